The molecule has 1 fully saturated rings. The predicted molar refractivity (Wildman–Crippen MR) is 128 cm³/mol. The SMILES string of the molecule is O=C(O)CCN1CCc2ccc(NCC(=O)COC3CCNCC3)cc2C1c1ccccc1. The third-order valence-corrected chi connectivity index (χ3v) is 6.46. The molecule has 1 unspecified atom stereocenters. The first-order valence-electron chi connectivity index (χ1n) is 11.8. The maximum atomic E-state index is 12.4. The minimum atomic E-state index is -0.784. The van der Waals surface area contributed by atoms with Gasteiger partial charge in [0.05, 0.1) is 25.1 Å². The number of hydrogen-bond donors (Lipinski definition) is 3. The van der Waals surface area contributed by atoms with E-state index in [0.717, 1.165) is 50.1 Å². The Labute approximate surface area is 195 Å². The van der Waals surface area contributed by atoms with Crippen molar-refractivity contribution in [3.8, 4) is 0 Å². The summed E-state index contributed by atoms with van der Waals surface area (Å²) in [5, 5.41) is 15.8. The summed E-state index contributed by atoms with van der Waals surface area (Å²) in [5.41, 5.74) is 4.47. The van der Waals surface area contributed by atoms with Gasteiger partial charge in [0.1, 0.15) is 6.61 Å². The molecule has 2 aliphatic heterocycles. The summed E-state index contributed by atoms with van der Waals surface area (Å²) in [6, 6.07) is 16.5. The summed E-state index contributed by atoms with van der Waals surface area (Å²) < 4.78 is 5.77. The number of carbonyl (C=O) groups excluding carboxylic acids is 1. The number of carboxylic acids is 1. The van der Waals surface area contributed by atoms with E-state index in [9.17, 15) is 14.7 Å². The Morgan fingerprint density at radius 1 is 1.12 bits per heavy atom. The molecule has 176 valence electrons. The minimum Gasteiger partial charge on any atom is -0.481 e. The van der Waals surface area contributed by atoms with E-state index in [1.807, 2.05) is 24.3 Å². The molecule has 1 atom stereocenters. The molecule has 2 aromatic carbocycles. The second-order valence-corrected chi connectivity index (χ2v) is 8.81. The van der Waals surface area contributed by atoms with Gasteiger partial charge < -0.3 is 20.5 Å². The van der Waals surface area contributed by atoms with Crippen molar-refractivity contribution in [1.82, 2.24) is 10.2 Å². The van der Waals surface area contributed by atoms with Crippen molar-refractivity contribution < 1.29 is 19.4 Å². The molecule has 2 aromatic rings. The fraction of sp³-hybridized carbons (Fsp3) is 0.462. The van der Waals surface area contributed by atoms with Crippen LogP contribution in [0.4, 0.5) is 5.69 Å². The second-order valence-electron chi connectivity index (χ2n) is 8.81. The average molecular weight is 452 g/mol. The number of rotatable bonds is 10. The summed E-state index contributed by atoms with van der Waals surface area (Å²) in [6.07, 6.45) is 3.06. The lowest BCUT2D eigenvalue weighted by Crippen LogP contribution is -2.37. The summed E-state index contributed by atoms with van der Waals surface area (Å²) in [7, 11) is 0. The number of benzene rings is 2. The van der Waals surface area contributed by atoms with Gasteiger partial charge in [-0.3, -0.25) is 14.5 Å². The van der Waals surface area contributed by atoms with Crippen LogP contribution in [0, 0.1) is 0 Å². The smallest absolute Gasteiger partial charge is 0.304 e. The summed E-state index contributed by atoms with van der Waals surface area (Å²) in [4.78, 5) is 25.8. The molecule has 0 spiro atoms. The molecule has 33 heavy (non-hydrogen) atoms. The van der Waals surface area contributed by atoms with Crippen molar-refractivity contribution in [3.05, 3.63) is 65.2 Å². The number of piperidine rings is 1. The molecule has 0 radical (unpaired) electrons. The highest BCUT2D eigenvalue weighted by atomic mass is 16.5. The van der Waals surface area contributed by atoms with Crippen LogP contribution in [-0.4, -0.2) is 67.2 Å². The molecule has 4 rings (SSSR count). The van der Waals surface area contributed by atoms with Gasteiger partial charge in [0, 0.05) is 18.8 Å². The molecule has 0 amide bonds. The Balaban J connectivity index is 1.44. The monoisotopic (exact) mass is 451 g/mol. The Hall–Kier alpha value is -2.74. The lowest BCUT2D eigenvalue weighted by Gasteiger charge is -2.38. The zero-order chi connectivity index (χ0) is 23.0. The second kappa shape index (κ2) is 11.4. The van der Waals surface area contributed by atoms with E-state index >= 15 is 0 Å². The first-order chi connectivity index (χ1) is 16.1. The van der Waals surface area contributed by atoms with Gasteiger partial charge >= 0.3 is 5.97 Å². The fourth-order valence-corrected chi connectivity index (χ4v) is 4.71. The predicted octanol–water partition coefficient (Wildman–Crippen LogP) is 2.86. The quantitative estimate of drug-likeness (QED) is 0.512. The van der Waals surface area contributed by atoms with E-state index in [1.165, 1.54) is 11.1 Å². The number of hydrogen-bond acceptors (Lipinski definition) is 6. The number of ketones is 1. The lowest BCUT2D eigenvalue weighted by atomic mass is 9.87. The number of aliphatic carboxylic acids is 1. The zero-order valence-electron chi connectivity index (χ0n) is 19.0. The largest absolute Gasteiger partial charge is 0.481 e. The van der Waals surface area contributed by atoms with Gasteiger partial charge in [0.25, 0.3) is 0 Å². The van der Waals surface area contributed by atoms with E-state index in [4.69, 9.17) is 4.74 Å². The van der Waals surface area contributed by atoms with Gasteiger partial charge in [0.2, 0.25) is 0 Å². The summed E-state index contributed by atoms with van der Waals surface area (Å²) in [6.45, 7) is 3.56. The third kappa shape index (κ3) is 6.41. The lowest BCUT2D eigenvalue weighted by molar-refractivity contribution is -0.137. The molecular formula is C26H33N3O4. The molecule has 0 bridgehead atoms. The van der Waals surface area contributed by atoms with Gasteiger partial charge in [-0.2, -0.15) is 0 Å². The van der Waals surface area contributed by atoms with Gasteiger partial charge in [-0.25, -0.2) is 0 Å². The van der Waals surface area contributed by atoms with Crippen molar-refractivity contribution in [2.24, 2.45) is 0 Å². The van der Waals surface area contributed by atoms with Crippen molar-refractivity contribution >= 4 is 17.4 Å². The van der Waals surface area contributed by atoms with Crippen molar-refractivity contribution in [2.45, 2.75) is 37.8 Å². The van der Waals surface area contributed by atoms with E-state index < -0.39 is 5.97 Å². The number of anilines is 1. The Morgan fingerprint density at radius 2 is 1.91 bits per heavy atom. The maximum absolute atomic E-state index is 12.4. The van der Waals surface area contributed by atoms with Crippen LogP contribution in [0.15, 0.2) is 48.5 Å². The maximum Gasteiger partial charge on any atom is 0.304 e. The van der Waals surface area contributed by atoms with Crippen LogP contribution in [0.2, 0.25) is 0 Å². The highest BCUT2D eigenvalue weighted by Gasteiger charge is 2.29. The van der Waals surface area contributed by atoms with Crippen molar-refractivity contribution in [1.29, 1.82) is 0 Å². The molecule has 2 heterocycles. The molecule has 0 saturated carbocycles. The van der Waals surface area contributed by atoms with E-state index in [1.54, 1.807) is 0 Å². The van der Waals surface area contributed by atoms with E-state index in [0.29, 0.717) is 6.54 Å². The first kappa shape index (κ1) is 23.4. The standard InChI is InChI=1S/C26H33N3O4/c30-22(18-33-23-8-12-27-13-9-23)17-28-21-7-6-19-10-14-29(15-11-25(31)32)26(24(19)16-21)20-4-2-1-3-5-20/h1-7,16,23,26-28H,8-15,17-18H2,(H,31,32). The average Bonchev–Trinajstić information content (AvgIpc) is 2.85. The molecule has 7 nitrogen and oxygen atoms in total. The molecule has 0 aromatic heterocycles. The van der Waals surface area contributed by atoms with Crippen molar-refractivity contribution in [3.63, 3.8) is 0 Å². The van der Waals surface area contributed by atoms with Crippen LogP contribution < -0.4 is 10.6 Å². The topological polar surface area (TPSA) is 90.9 Å². The van der Waals surface area contributed by atoms with Crippen LogP contribution in [0.5, 0.6) is 0 Å². The minimum absolute atomic E-state index is 0.00463. The van der Waals surface area contributed by atoms with Gasteiger partial charge in [-0.1, -0.05) is 36.4 Å². The fourth-order valence-electron chi connectivity index (χ4n) is 4.71. The van der Waals surface area contributed by atoms with E-state index in [2.05, 4.69) is 39.8 Å². The van der Waals surface area contributed by atoms with Gasteiger partial charge in [0.15, 0.2) is 5.78 Å². The summed E-state index contributed by atoms with van der Waals surface area (Å²) in [5.74, 6) is -0.748. The number of fused-ring (bicyclic) bond motifs is 1. The number of carboxylic acid groups (broad SMARTS) is 1. The molecular weight excluding hydrogens is 418 g/mol. The number of nitrogens with zero attached hydrogens (tertiary/aromatic N) is 1. The summed E-state index contributed by atoms with van der Waals surface area (Å²) >= 11 is 0. The third-order valence-electron chi connectivity index (χ3n) is 6.46. The molecule has 0 aliphatic carbocycles. The van der Waals surface area contributed by atoms with E-state index in [-0.39, 0.29) is 37.5 Å². The highest BCUT2D eigenvalue weighted by Crippen LogP contribution is 2.36. The Bertz CT molecular complexity index is 944. The van der Waals surface area contributed by atoms with Crippen LogP contribution in [0.3, 0.4) is 0 Å². The first-order valence-corrected chi connectivity index (χ1v) is 11.8. The van der Waals surface area contributed by atoms with Crippen LogP contribution in [0.25, 0.3) is 0 Å². The Morgan fingerprint density at radius 3 is 2.67 bits per heavy atom. The molecule has 7 heteroatoms. The number of Topliss-reactive ketones (excluding diaryl/α,β-unsaturated/α-hetero) is 1. The van der Waals surface area contributed by atoms with Gasteiger partial charge in [-0.05, 0) is 61.2 Å². The van der Waals surface area contributed by atoms with Crippen LogP contribution >= 0.6 is 0 Å². The van der Waals surface area contributed by atoms with Gasteiger partial charge in [-0.15, -0.1) is 0 Å². The molecule has 2 aliphatic rings. The normalized spacial score (nSPS) is 19.1. The van der Waals surface area contributed by atoms with Crippen LogP contribution in [-0.2, 0) is 20.7 Å². The van der Waals surface area contributed by atoms with Crippen LogP contribution in [0.1, 0.15) is 42.0 Å². The number of carbonyl (C=O) groups is 2. The molecule has 3 N–H and O–H groups in total. The number of nitrogens with one attached hydrogen (secondary N) is 2. The number of ether oxygens (including phenoxy) is 1. The zero-order valence-corrected chi connectivity index (χ0v) is 19.0. The van der Waals surface area contributed by atoms with Crippen molar-refractivity contribution in [2.75, 3.05) is 44.6 Å². The Kier molecular flexibility index (Phi) is 8.10. The highest BCUT2D eigenvalue weighted by molar-refractivity contribution is 5.84. The molecule has 1 saturated heterocycles.